The number of amides is 1. The van der Waals surface area contributed by atoms with E-state index in [2.05, 4.69) is 15.3 Å². The number of halogens is 2. The van der Waals surface area contributed by atoms with Crippen LogP contribution >= 0.6 is 24.8 Å². The quantitative estimate of drug-likeness (QED) is 0.879. The molecule has 0 aromatic carbocycles. The second-order valence-electron chi connectivity index (χ2n) is 5.40. The van der Waals surface area contributed by atoms with Crippen LogP contribution in [0.15, 0.2) is 37.1 Å². The number of carbonyl (C=O) groups is 1. The molecule has 8 heteroatoms. The van der Waals surface area contributed by atoms with E-state index in [-0.39, 0.29) is 36.6 Å². The van der Waals surface area contributed by atoms with Crippen LogP contribution in [0.2, 0.25) is 0 Å². The van der Waals surface area contributed by atoms with Gasteiger partial charge >= 0.3 is 0 Å². The van der Waals surface area contributed by atoms with Crippen molar-refractivity contribution in [3.8, 4) is 5.82 Å². The standard InChI is InChI=1S/C15H19N5O.2ClH/c16-8-11-2-1-3-13(11)15(21)19-12-4-5-14(18-9-12)20-7-6-17-10-20;;/h4-7,9-11,13H,1-3,8,16H2,(H,19,21);2*1H/t11-,13-;;/m1../s1. The highest BCUT2D eigenvalue weighted by Crippen LogP contribution is 2.31. The van der Waals surface area contributed by atoms with Gasteiger partial charge in [0.2, 0.25) is 5.91 Å². The summed E-state index contributed by atoms with van der Waals surface area (Å²) >= 11 is 0. The molecule has 126 valence electrons. The summed E-state index contributed by atoms with van der Waals surface area (Å²) in [6.45, 7) is 0.579. The molecule has 1 aliphatic carbocycles. The largest absolute Gasteiger partial charge is 0.330 e. The zero-order valence-electron chi connectivity index (χ0n) is 12.6. The van der Waals surface area contributed by atoms with Gasteiger partial charge in [0.25, 0.3) is 0 Å². The van der Waals surface area contributed by atoms with E-state index in [0.717, 1.165) is 25.1 Å². The minimum Gasteiger partial charge on any atom is -0.330 e. The summed E-state index contributed by atoms with van der Waals surface area (Å²) in [7, 11) is 0. The van der Waals surface area contributed by atoms with E-state index in [1.165, 1.54) is 0 Å². The smallest absolute Gasteiger partial charge is 0.227 e. The second kappa shape index (κ2) is 8.86. The molecule has 23 heavy (non-hydrogen) atoms. The monoisotopic (exact) mass is 357 g/mol. The fourth-order valence-electron chi connectivity index (χ4n) is 2.91. The summed E-state index contributed by atoms with van der Waals surface area (Å²) < 4.78 is 1.81. The van der Waals surface area contributed by atoms with Gasteiger partial charge in [-0.3, -0.25) is 9.36 Å². The third-order valence-corrected chi connectivity index (χ3v) is 4.08. The zero-order chi connectivity index (χ0) is 14.7. The molecule has 0 aliphatic heterocycles. The summed E-state index contributed by atoms with van der Waals surface area (Å²) in [6.07, 6.45) is 9.93. The van der Waals surface area contributed by atoms with Crippen molar-refractivity contribution in [2.75, 3.05) is 11.9 Å². The van der Waals surface area contributed by atoms with Crippen LogP contribution in [0.4, 0.5) is 5.69 Å². The average Bonchev–Trinajstić information content (AvgIpc) is 3.19. The molecular weight excluding hydrogens is 337 g/mol. The first-order valence-corrected chi connectivity index (χ1v) is 7.23. The first-order valence-electron chi connectivity index (χ1n) is 7.23. The number of rotatable bonds is 4. The molecule has 0 bridgehead atoms. The van der Waals surface area contributed by atoms with Gasteiger partial charge in [0.1, 0.15) is 12.1 Å². The molecule has 3 rings (SSSR count). The first kappa shape index (κ1) is 19.4. The fourth-order valence-corrected chi connectivity index (χ4v) is 2.91. The van der Waals surface area contributed by atoms with Gasteiger partial charge in [-0.25, -0.2) is 9.97 Å². The Morgan fingerprint density at radius 2 is 2.17 bits per heavy atom. The maximum absolute atomic E-state index is 12.3. The highest BCUT2D eigenvalue weighted by atomic mass is 35.5. The Hall–Kier alpha value is -1.63. The molecule has 1 saturated carbocycles. The van der Waals surface area contributed by atoms with Gasteiger partial charge in [0, 0.05) is 18.3 Å². The SMILES string of the molecule is Cl.Cl.NC[C@H]1CCC[C@H]1C(=O)Nc1ccc(-n2ccnc2)nc1. The van der Waals surface area contributed by atoms with Crippen molar-refractivity contribution in [3.63, 3.8) is 0 Å². The Morgan fingerprint density at radius 1 is 1.35 bits per heavy atom. The molecule has 3 N–H and O–H groups in total. The van der Waals surface area contributed by atoms with E-state index >= 15 is 0 Å². The number of carbonyl (C=O) groups excluding carboxylic acids is 1. The van der Waals surface area contributed by atoms with Gasteiger partial charge in [-0.2, -0.15) is 0 Å². The van der Waals surface area contributed by atoms with Gasteiger partial charge in [0.15, 0.2) is 0 Å². The van der Waals surface area contributed by atoms with Crippen LogP contribution in [0.25, 0.3) is 5.82 Å². The molecule has 1 fully saturated rings. The highest BCUT2D eigenvalue weighted by Gasteiger charge is 2.31. The van der Waals surface area contributed by atoms with Crippen molar-refractivity contribution in [2.24, 2.45) is 17.6 Å². The van der Waals surface area contributed by atoms with Crippen molar-refractivity contribution in [2.45, 2.75) is 19.3 Å². The Balaban J connectivity index is 0.00000132. The molecule has 0 saturated heterocycles. The molecule has 6 nitrogen and oxygen atoms in total. The van der Waals surface area contributed by atoms with Crippen LogP contribution in [0, 0.1) is 11.8 Å². The number of imidazole rings is 1. The normalized spacial score (nSPS) is 19.5. The number of hydrogen-bond acceptors (Lipinski definition) is 4. The molecular formula is C15H21Cl2N5O. The van der Waals surface area contributed by atoms with Crippen LogP contribution < -0.4 is 11.1 Å². The maximum atomic E-state index is 12.3. The van der Waals surface area contributed by atoms with Crippen LogP contribution in [0.3, 0.4) is 0 Å². The minimum atomic E-state index is 0. The summed E-state index contributed by atoms with van der Waals surface area (Å²) in [5.41, 5.74) is 6.44. The number of pyridine rings is 1. The molecule has 2 heterocycles. The van der Waals surface area contributed by atoms with Gasteiger partial charge < -0.3 is 11.1 Å². The summed E-state index contributed by atoms with van der Waals surface area (Å²) in [5, 5.41) is 2.94. The second-order valence-corrected chi connectivity index (χ2v) is 5.40. The molecule has 2 aromatic rings. The van der Waals surface area contributed by atoms with Crippen molar-refractivity contribution in [1.82, 2.24) is 14.5 Å². The Bertz CT molecular complexity index is 603. The van der Waals surface area contributed by atoms with Gasteiger partial charge in [0.05, 0.1) is 11.9 Å². The first-order chi connectivity index (χ1) is 10.3. The van der Waals surface area contributed by atoms with E-state index in [0.29, 0.717) is 18.2 Å². The predicted octanol–water partition coefficient (Wildman–Crippen LogP) is 2.42. The topological polar surface area (TPSA) is 85.8 Å². The Kier molecular flexibility index (Phi) is 7.48. The maximum Gasteiger partial charge on any atom is 0.227 e. The van der Waals surface area contributed by atoms with Gasteiger partial charge in [-0.1, -0.05) is 6.42 Å². The van der Waals surface area contributed by atoms with Gasteiger partial charge in [-0.15, -0.1) is 24.8 Å². The number of anilines is 1. The Morgan fingerprint density at radius 3 is 2.78 bits per heavy atom. The molecule has 1 aliphatic rings. The summed E-state index contributed by atoms with van der Waals surface area (Å²) in [5.74, 6) is 1.16. The summed E-state index contributed by atoms with van der Waals surface area (Å²) in [6, 6.07) is 3.71. The number of nitrogens with one attached hydrogen (secondary N) is 1. The van der Waals surface area contributed by atoms with Crippen molar-refractivity contribution in [1.29, 1.82) is 0 Å². The number of nitrogens with zero attached hydrogens (tertiary/aromatic N) is 3. The van der Waals surface area contributed by atoms with E-state index in [9.17, 15) is 4.79 Å². The van der Waals surface area contributed by atoms with E-state index in [1.807, 2.05) is 22.9 Å². The van der Waals surface area contributed by atoms with E-state index < -0.39 is 0 Å². The summed E-state index contributed by atoms with van der Waals surface area (Å²) in [4.78, 5) is 20.6. The minimum absolute atomic E-state index is 0. The van der Waals surface area contributed by atoms with Crippen LogP contribution in [-0.4, -0.2) is 27.0 Å². The predicted molar refractivity (Wildman–Crippen MR) is 94.4 cm³/mol. The average molecular weight is 358 g/mol. The lowest BCUT2D eigenvalue weighted by Gasteiger charge is -2.17. The lowest BCUT2D eigenvalue weighted by molar-refractivity contribution is -0.120. The number of nitrogens with two attached hydrogens (primary N) is 1. The molecule has 0 unspecified atom stereocenters. The van der Waals surface area contributed by atoms with Crippen molar-refractivity contribution >= 4 is 36.4 Å². The third-order valence-electron chi connectivity index (χ3n) is 4.08. The molecule has 0 radical (unpaired) electrons. The lowest BCUT2D eigenvalue weighted by Crippen LogP contribution is -2.29. The number of hydrogen-bond donors (Lipinski definition) is 2. The van der Waals surface area contributed by atoms with Crippen LogP contribution in [0.5, 0.6) is 0 Å². The van der Waals surface area contributed by atoms with E-state index in [1.54, 1.807) is 18.7 Å². The molecule has 2 atom stereocenters. The van der Waals surface area contributed by atoms with Crippen LogP contribution in [0.1, 0.15) is 19.3 Å². The lowest BCUT2D eigenvalue weighted by atomic mass is 9.95. The molecule has 0 spiro atoms. The highest BCUT2D eigenvalue weighted by molar-refractivity contribution is 5.92. The molecule has 2 aromatic heterocycles. The Labute approximate surface area is 147 Å². The third kappa shape index (κ3) is 4.43. The van der Waals surface area contributed by atoms with Crippen LogP contribution in [-0.2, 0) is 4.79 Å². The number of aromatic nitrogens is 3. The van der Waals surface area contributed by atoms with Gasteiger partial charge in [-0.05, 0) is 37.4 Å². The molecule has 1 amide bonds. The van der Waals surface area contributed by atoms with Crippen molar-refractivity contribution in [3.05, 3.63) is 37.1 Å². The fraction of sp³-hybridized carbons (Fsp3) is 0.400. The van der Waals surface area contributed by atoms with E-state index in [4.69, 9.17) is 5.73 Å². The van der Waals surface area contributed by atoms with Crippen molar-refractivity contribution < 1.29 is 4.79 Å². The zero-order valence-corrected chi connectivity index (χ0v) is 14.2.